The number of esters is 1. The average molecular weight is 537 g/mol. The van der Waals surface area contributed by atoms with E-state index >= 15 is 0 Å². The van der Waals surface area contributed by atoms with Gasteiger partial charge in [-0.3, -0.25) is 4.90 Å². The molecule has 2 aromatic carbocycles. The van der Waals surface area contributed by atoms with Gasteiger partial charge < -0.3 is 18.7 Å². The summed E-state index contributed by atoms with van der Waals surface area (Å²) in [7, 11) is 3.35. The van der Waals surface area contributed by atoms with Gasteiger partial charge in [0.15, 0.2) is 0 Å². The van der Waals surface area contributed by atoms with Crippen molar-refractivity contribution in [2.45, 2.75) is 25.2 Å². The van der Waals surface area contributed by atoms with Crippen LogP contribution >= 0.6 is 11.6 Å². The predicted molar refractivity (Wildman–Crippen MR) is 145 cm³/mol. The number of halogens is 2. The van der Waals surface area contributed by atoms with Gasteiger partial charge in [-0.25, -0.2) is 9.18 Å². The van der Waals surface area contributed by atoms with Crippen LogP contribution in [0.1, 0.15) is 40.4 Å². The largest absolute Gasteiger partial charge is 0.465 e. The third kappa shape index (κ3) is 4.56. The molecule has 9 heteroatoms. The van der Waals surface area contributed by atoms with Crippen molar-refractivity contribution < 1.29 is 18.4 Å². The van der Waals surface area contributed by atoms with Crippen molar-refractivity contribution >= 4 is 34.2 Å². The lowest BCUT2D eigenvalue weighted by Gasteiger charge is -2.36. The van der Waals surface area contributed by atoms with Crippen LogP contribution in [0, 0.1) is 5.82 Å². The fourth-order valence-electron chi connectivity index (χ4n) is 5.49. The molecule has 198 valence electrons. The minimum Gasteiger partial charge on any atom is -0.465 e. The predicted octanol–water partition coefficient (Wildman–Crippen LogP) is 5.65. The molecule has 3 heterocycles. The zero-order chi connectivity index (χ0) is 26.4. The first-order valence-corrected chi connectivity index (χ1v) is 13.4. The first-order valence-electron chi connectivity index (χ1n) is 13.0. The van der Waals surface area contributed by atoms with E-state index in [4.69, 9.17) is 20.9 Å². The van der Waals surface area contributed by atoms with Crippen LogP contribution in [0.3, 0.4) is 0 Å². The zero-order valence-corrected chi connectivity index (χ0v) is 22.3. The molecule has 7 nitrogen and oxygen atoms in total. The topological polar surface area (TPSA) is 63.7 Å². The van der Waals surface area contributed by atoms with Gasteiger partial charge in [0.25, 0.3) is 0 Å². The van der Waals surface area contributed by atoms with Gasteiger partial charge in [-0.1, -0.05) is 22.8 Å². The van der Waals surface area contributed by atoms with Crippen LogP contribution in [0.5, 0.6) is 0 Å². The van der Waals surface area contributed by atoms with Gasteiger partial charge >= 0.3 is 5.97 Å². The monoisotopic (exact) mass is 536 g/mol. The normalized spacial score (nSPS) is 16.4. The number of piperazine rings is 1. The van der Waals surface area contributed by atoms with Gasteiger partial charge in [0.2, 0.25) is 0 Å². The Hall–Kier alpha value is -3.36. The summed E-state index contributed by atoms with van der Waals surface area (Å²) in [5.41, 5.74) is 4.58. The molecule has 2 aliphatic rings. The maximum atomic E-state index is 14.7. The van der Waals surface area contributed by atoms with Gasteiger partial charge in [0, 0.05) is 68.5 Å². The van der Waals surface area contributed by atoms with Crippen LogP contribution in [0.25, 0.3) is 22.2 Å². The molecule has 2 fully saturated rings. The molecule has 0 amide bonds. The van der Waals surface area contributed by atoms with E-state index in [-0.39, 0.29) is 11.8 Å². The molecule has 0 unspecified atom stereocenters. The number of aryl methyl sites for hydroxylation is 1. The Labute approximate surface area is 225 Å². The molecule has 1 aliphatic heterocycles. The lowest BCUT2D eigenvalue weighted by atomic mass is 10.0. The first kappa shape index (κ1) is 24.9. The number of rotatable bonds is 7. The number of fused-ring (bicyclic) bond motifs is 1. The Morgan fingerprint density at radius 3 is 2.68 bits per heavy atom. The smallest absolute Gasteiger partial charge is 0.340 e. The number of ether oxygens (including phenoxy) is 1. The molecule has 0 bridgehead atoms. The summed E-state index contributed by atoms with van der Waals surface area (Å²) < 4.78 is 27.4. The summed E-state index contributed by atoms with van der Waals surface area (Å²) in [6.07, 6.45) is 4.72. The Morgan fingerprint density at radius 2 is 1.97 bits per heavy atom. The Balaban J connectivity index is 1.15. The molecule has 6 rings (SSSR count). The fourth-order valence-corrected chi connectivity index (χ4v) is 5.74. The van der Waals surface area contributed by atoms with E-state index in [2.05, 4.69) is 27.1 Å². The molecule has 0 atom stereocenters. The maximum absolute atomic E-state index is 14.7. The summed E-state index contributed by atoms with van der Waals surface area (Å²) in [5, 5.41) is 5.52. The number of methoxy groups -OCH3 is 1. The van der Waals surface area contributed by atoms with E-state index < -0.39 is 0 Å². The van der Waals surface area contributed by atoms with E-state index in [1.54, 1.807) is 12.1 Å². The van der Waals surface area contributed by atoms with Crippen molar-refractivity contribution in [1.29, 1.82) is 0 Å². The highest BCUT2D eigenvalue weighted by Gasteiger charge is 2.33. The molecule has 1 saturated carbocycles. The summed E-state index contributed by atoms with van der Waals surface area (Å²) in [5.74, 6) is 0.563. The molecule has 2 aromatic heterocycles. The second-order valence-corrected chi connectivity index (χ2v) is 10.6. The lowest BCUT2D eigenvalue weighted by molar-refractivity contribution is 0.0602. The van der Waals surface area contributed by atoms with Crippen molar-refractivity contribution in [3.8, 4) is 11.3 Å². The fraction of sp³-hybridized carbons (Fsp3) is 0.379. The number of aromatic nitrogens is 2. The molecule has 4 aromatic rings. The van der Waals surface area contributed by atoms with Crippen LogP contribution in [0.4, 0.5) is 10.1 Å². The first-order chi connectivity index (χ1) is 18.4. The third-order valence-electron chi connectivity index (χ3n) is 7.76. The number of carbonyl (C=O) groups is 1. The SMILES string of the molecule is COC(=O)c1cn(C)c2cc(N3CCN(CCc4c(-c5c(F)cccc5Cl)noc4C4CC4)CC3)ccc12. The quantitative estimate of drug-likeness (QED) is 0.284. The van der Waals surface area contributed by atoms with Crippen LogP contribution in [-0.2, 0) is 18.2 Å². The van der Waals surface area contributed by atoms with Gasteiger partial charge in [-0.05, 0) is 49.6 Å². The van der Waals surface area contributed by atoms with Crippen molar-refractivity contribution in [2.24, 2.45) is 7.05 Å². The summed E-state index contributed by atoms with van der Waals surface area (Å²) >= 11 is 6.37. The van der Waals surface area contributed by atoms with Crippen LogP contribution in [0.15, 0.2) is 47.1 Å². The van der Waals surface area contributed by atoms with E-state index in [1.807, 2.05) is 23.9 Å². The Bertz CT molecular complexity index is 1480. The number of nitrogens with zero attached hydrogens (tertiary/aromatic N) is 4. The van der Waals surface area contributed by atoms with Crippen molar-refractivity contribution in [3.63, 3.8) is 0 Å². The molecular formula is C29H30ClFN4O3. The van der Waals surface area contributed by atoms with Gasteiger partial charge in [0.05, 0.1) is 28.8 Å². The molecule has 1 aliphatic carbocycles. The summed E-state index contributed by atoms with van der Waals surface area (Å²) in [6.45, 7) is 4.46. The van der Waals surface area contributed by atoms with Gasteiger partial charge in [0.1, 0.15) is 17.3 Å². The average Bonchev–Trinajstić information content (AvgIpc) is 3.61. The second-order valence-electron chi connectivity index (χ2n) is 10.2. The maximum Gasteiger partial charge on any atom is 0.340 e. The lowest BCUT2D eigenvalue weighted by Crippen LogP contribution is -2.47. The van der Waals surface area contributed by atoms with Crippen LogP contribution < -0.4 is 4.90 Å². The molecule has 0 N–H and O–H groups in total. The highest BCUT2D eigenvalue weighted by atomic mass is 35.5. The number of hydrogen-bond donors (Lipinski definition) is 0. The van der Waals surface area contributed by atoms with E-state index in [9.17, 15) is 9.18 Å². The number of anilines is 1. The molecule has 0 radical (unpaired) electrons. The minimum atomic E-state index is -0.378. The van der Waals surface area contributed by atoms with Gasteiger partial charge in [-0.15, -0.1) is 0 Å². The number of carbonyl (C=O) groups excluding carboxylic acids is 1. The summed E-state index contributed by atoms with van der Waals surface area (Å²) in [4.78, 5) is 16.9. The number of benzene rings is 2. The standard InChI is InChI=1S/C29H30ClFN4O3/c1-33-17-22(29(36)37-2)20-9-8-19(16-25(20)33)35-14-12-34(13-15-35)11-10-21-27(32-38-28(21)18-6-7-18)26-23(30)4-3-5-24(26)31/h3-5,8-9,16-18H,6-7,10-15H2,1-2H3. The van der Waals surface area contributed by atoms with E-state index in [0.29, 0.717) is 27.8 Å². The summed E-state index contributed by atoms with van der Waals surface area (Å²) in [6, 6.07) is 10.9. The van der Waals surface area contributed by atoms with Crippen molar-refractivity contribution in [3.05, 3.63) is 70.3 Å². The number of hydrogen-bond acceptors (Lipinski definition) is 6. The van der Waals surface area contributed by atoms with E-state index in [0.717, 1.165) is 79.9 Å². The highest BCUT2D eigenvalue weighted by molar-refractivity contribution is 6.33. The zero-order valence-electron chi connectivity index (χ0n) is 21.5. The highest BCUT2D eigenvalue weighted by Crippen LogP contribution is 2.45. The van der Waals surface area contributed by atoms with Crippen LogP contribution in [0.2, 0.25) is 5.02 Å². The Morgan fingerprint density at radius 1 is 1.18 bits per heavy atom. The molecular weight excluding hydrogens is 507 g/mol. The minimum absolute atomic E-state index is 0.324. The van der Waals surface area contributed by atoms with E-state index in [1.165, 1.54) is 13.2 Å². The Kier molecular flexibility index (Phi) is 6.61. The second kappa shape index (κ2) is 10.1. The third-order valence-corrected chi connectivity index (χ3v) is 8.08. The van der Waals surface area contributed by atoms with Crippen molar-refractivity contribution in [2.75, 3.05) is 44.7 Å². The van der Waals surface area contributed by atoms with Gasteiger partial charge in [-0.2, -0.15) is 0 Å². The van der Waals surface area contributed by atoms with Crippen molar-refractivity contribution in [1.82, 2.24) is 14.6 Å². The molecule has 38 heavy (non-hydrogen) atoms. The molecule has 1 saturated heterocycles. The molecule has 0 spiro atoms. The van der Waals surface area contributed by atoms with Crippen LogP contribution in [-0.4, -0.2) is 60.4 Å².